The summed E-state index contributed by atoms with van der Waals surface area (Å²) < 4.78 is 10.3. The van der Waals surface area contributed by atoms with Gasteiger partial charge in [-0.1, -0.05) is 41.6 Å². The van der Waals surface area contributed by atoms with Crippen molar-refractivity contribution in [3.8, 4) is 0 Å². The lowest BCUT2D eigenvalue weighted by Crippen LogP contribution is -2.35. The smallest absolute Gasteiger partial charge is 0.332 e. The summed E-state index contributed by atoms with van der Waals surface area (Å²) in [5.41, 5.74) is -0.953. The molecule has 0 rings (SSSR count). The first-order valence-corrected chi connectivity index (χ1v) is 5.62. The van der Waals surface area contributed by atoms with Crippen molar-refractivity contribution in [1.29, 1.82) is 0 Å². The van der Waals surface area contributed by atoms with Crippen molar-refractivity contribution in [3.05, 3.63) is 0 Å². The summed E-state index contributed by atoms with van der Waals surface area (Å²) in [5, 5.41) is 0. The number of rotatable bonds is 7. The Labute approximate surface area is 102 Å². The summed E-state index contributed by atoms with van der Waals surface area (Å²) in [6.45, 7) is -0.106. The zero-order chi connectivity index (χ0) is 11.0. The normalized spacial score (nSPS) is 11.2. The van der Waals surface area contributed by atoms with E-state index in [-0.39, 0.29) is 25.6 Å². The van der Waals surface area contributed by atoms with Crippen LogP contribution in [-0.4, -0.2) is 46.3 Å². The Bertz CT molecular complexity index is 167. The fourth-order valence-corrected chi connectivity index (χ4v) is 0.988. The van der Waals surface area contributed by atoms with Crippen molar-refractivity contribution in [2.75, 3.05) is 11.2 Å². The molecule has 7 heteroatoms. The minimum Gasteiger partial charge on any atom is -0.460 e. The average Bonchev–Trinajstić information content (AvgIpc) is 2.23. The molecule has 0 aliphatic rings. The van der Waals surface area contributed by atoms with Crippen molar-refractivity contribution in [1.82, 2.24) is 0 Å². The minimum absolute atomic E-state index is 0.106. The first-order valence-electron chi connectivity index (χ1n) is 4.10. The molecule has 0 saturated heterocycles. The predicted octanol–water partition coefficient (Wildman–Crippen LogP) is 0.438. The van der Waals surface area contributed by atoms with E-state index in [1.54, 1.807) is 0 Å². The molecule has 0 spiro atoms. The minimum atomic E-state index is -0.953. The maximum atomic E-state index is 11.2. The molecular weight excluding hydrogens is 291 g/mol. The second-order valence-electron chi connectivity index (χ2n) is 2.73. The SMILES string of the molecule is [B]CC(C[B])(C[B])OC(=O)COCI. The molecule has 6 radical (unpaired) electrons. The summed E-state index contributed by atoms with van der Waals surface area (Å²) in [7, 11) is 16.3. The highest BCUT2D eigenvalue weighted by Crippen LogP contribution is 2.23. The number of carbonyl (C=O) groups excluding carboxylic acids is 1. The monoisotopic (exact) mass is 302 g/mol. The second kappa shape index (κ2) is 7.62. The molecule has 0 atom stereocenters. The highest BCUT2D eigenvalue weighted by molar-refractivity contribution is 14.1. The molecule has 0 bridgehead atoms. The van der Waals surface area contributed by atoms with Crippen molar-refractivity contribution >= 4 is 52.1 Å². The standard InChI is InChI=1S/C7H10B3IO3/c8-2-7(3-9,4-10)14-6(12)1-13-5-11/h1-5H2. The highest BCUT2D eigenvalue weighted by Gasteiger charge is 2.27. The largest absolute Gasteiger partial charge is 0.460 e. The number of alkyl halides is 1. The highest BCUT2D eigenvalue weighted by atomic mass is 127. The lowest BCUT2D eigenvalue weighted by molar-refractivity contribution is -0.159. The van der Waals surface area contributed by atoms with Gasteiger partial charge in [0.2, 0.25) is 0 Å². The molecule has 0 fully saturated rings. The molecule has 0 amide bonds. The van der Waals surface area contributed by atoms with E-state index >= 15 is 0 Å². The van der Waals surface area contributed by atoms with Crippen molar-refractivity contribution in [3.63, 3.8) is 0 Å². The molecule has 0 aromatic heterocycles. The summed E-state index contributed by atoms with van der Waals surface area (Å²) in [6, 6.07) is 0. The maximum absolute atomic E-state index is 11.2. The zero-order valence-corrected chi connectivity index (χ0v) is 10.0. The molecular formula is C7H10B3IO3. The molecule has 0 aliphatic carbocycles. The van der Waals surface area contributed by atoms with Crippen LogP contribution in [0, 0.1) is 0 Å². The van der Waals surface area contributed by atoms with Crippen LogP contribution in [0.1, 0.15) is 0 Å². The Morgan fingerprint density at radius 2 is 1.71 bits per heavy atom. The number of esters is 1. The van der Waals surface area contributed by atoms with Crippen LogP contribution in [0.25, 0.3) is 0 Å². The van der Waals surface area contributed by atoms with Gasteiger partial charge in [-0.3, -0.25) is 0 Å². The van der Waals surface area contributed by atoms with Gasteiger partial charge >= 0.3 is 5.97 Å². The second-order valence-corrected chi connectivity index (χ2v) is 3.35. The van der Waals surface area contributed by atoms with Gasteiger partial charge in [-0.25, -0.2) is 4.79 Å². The van der Waals surface area contributed by atoms with E-state index in [1.165, 1.54) is 0 Å². The van der Waals surface area contributed by atoms with E-state index < -0.39 is 11.6 Å². The van der Waals surface area contributed by atoms with Gasteiger partial charge in [-0.15, -0.1) is 0 Å². The van der Waals surface area contributed by atoms with Gasteiger partial charge in [0.05, 0.1) is 33.8 Å². The first kappa shape index (κ1) is 14.4. The molecule has 0 unspecified atom stereocenters. The van der Waals surface area contributed by atoms with Gasteiger partial charge in [0.1, 0.15) is 6.61 Å². The van der Waals surface area contributed by atoms with Crippen LogP contribution in [0.3, 0.4) is 0 Å². The number of ether oxygens (including phenoxy) is 2. The van der Waals surface area contributed by atoms with Gasteiger partial charge in [-0.2, -0.15) is 0 Å². The zero-order valence-electron chi connectivity index (χ0n) is 7.87. The number of hydrogen-bond acceptors (Lipinski definition) is 3. The van der Waals surface area contributed by atoms with Crippen LogP contribution in [0.4, 0.5) is 0 Å². The maximum Gasteiger partial charge on any atom is 0.332 e. The van der Waals surface area contributed by atoms with E-state index in [9.17, 15) is 4.79 Å². The lowest BCUT2D eigenvalue weighted by Gasteiger charge is -2.31. The topological polar surface area (TPSA) is 35.5 Å². The van der Waals surface area contributed by atoms with E-state index in [4.69, 9.17) is 33.0 Å². The summed E-state index contributed by atoms with van der Waals surface area (Å²) in [4.78, 5) is 11.2. The van der Waals surface area contributed by atoms with Gasteiger partial charge in [0, 0.05) is 0 Å². The van der Waals surface area contributed by atoms with E-state index in [2.05, 4.69) is 0 Å². The Morgan fingerprint density at radius 1 is 1.21 bits per heavy atom. The van der Waals surface area contributed by atoms with Crippen LogP contribution < -0.4 is 0 Å². The number of carbonyl (C=O) groups is 1. The van der Waals surface area contributed by atoms with E-state index in [1.807, 2.05) is 22.6 Å². The molecule has 3 nitrogen and oxygen atoms in total. The molecule has 0 N–H and O–H groups in total. The molecule has 0 aromatic rings. The number of halogens is 1. The van der Waals surface area contributed by atoms with Crippen LogP contribution in [0.5, 0.6) is 0 Å². The van der Waals surface area contributed by atoms with Crippen molar-refractivity contribution in [2.45, 2.75) is 24.6 Å². The lowest BCUT2D eigenvalue weighted by atomic mass is 9.70. The Morgan fingerprint density at radius 3 is 2.07 bits per heavy atom. The number of hydrogen-bond donors (Lipinski definition) is 0. The molecule has 72 valence electrons. The third kappa shape index (κ3) is 4.73. The quantitative estimate of drug-likeness (QED) is 0.296. The Balaban J connectivity index is 4.08. The Hall–Kier alpha value is 0.355. The fraction of sp³-hybridized carbons (Fsp3) is 0.857. The summed E-state index contributed by atoms with van der Waals surface area (Å²) in [5.74, 6) is -0.497. The van der Waals surface area contributed by atoms with Crippen molar-refractivity contribution in [2.24, 2.45) is 0 Å². The van der Waals surface area contributed by atoms with Gasteiger partial charge in [0.25, 0.3) is 0 Å². The van der Waals surface area contributed by atoms with Crippen molar-refractivity contribution < 1.29 is 14.3 Å². The average molecular weight is 301 g/mol. The molecule has 0 aliphatic heterocycles. The summed E-state index contributed by atoms with van der Waals surface area (Å²) in [6.07, 6.45) is 0.321. The van der Waals surface area contributed by atoms with Gasteiger partial charge in [0.15, 0.2) is 0 Å². The molecule has 0 heterocycles. The van der Waals surface area contributed by atoms with E-state index in [0.29, 0.717) is 4.61 Å². The molecule has 0 aromatic carbocycles. The Kier molecular flexibility index (Phi) is 7.81. The third-order valence-corrected chi connectivity index (χ3v) is 2.18. The van der Waals surface area contributed by atoms with E-state index in [0.717, 1.165) is 0 Å². The van der Waals surface area contributed by atoms with Crippen LogP contribution in [0.2, 0.25) is 19.0 Å². The fourth-order valence-electron chi connectivity index (χ4n) is 0.768. The first-order chi connectivity index (χ1) is 6.64. The van der Waals surface area contributed by atoms with Crippen LogP contribution in [0.15, 0.2) is 0 Å². The predicted molar refractivity (Wildman–Crippen MR) is 65.3 cm³/mol. The summed E-state index contributed by atoms with van der Waals surface area (Å²) >= 11 is 1.98. The molecule has 14 heavy (non-hydrogen) atoms. The van der Waals surface area contributed by atoms with Crippen LogP contribution in [-0.2, 0) is 14.3 Å². The van der Waals surface area contributed by atoms with Gasteiger partial charge in [-0.05, 0) is 0 Å². The van der Waals surface area contributed by atoms with Gasteiger partial charge < -0.3 is 9.47 Å². The third-order valence-electron chi connectivity index (χ3n) is 1.74. The van der Waals surface area contributed by atoms with Crippen LogP contribution >= 0.6 is 22.6 Å². The molecule has 0 saturated carbocycles.